The minimum absolute atomic E-state index is 0.0419. The van der Waals surface area contributed by atoms with Gasteiger partial charge >= 0.3 is 6.18 Å². The molecular formula is C17H17F3N2O. The Hall–Kier alpha value is -2.34. The van der Waals surface area contributed by atoms with Gasteiger partial charge in [0.25, 0.3) is 0 Å². The second-order valence-electron chi connectivity index (χ2n) is 5.33. The molecule has 0 aliphatic carbocycles. The quantitative estimate of drug-likeness (QED) is 0.915. The molecule has 2 rings (SSSR count). The van der Waals surface area contributed by atoms with Crippen molar-refractivity contribution in [1.82, 2.24) is 4.90 Å². The second-order valence-corrected chi connectivity index (χ2v) is 5.33. The maximum atomic E-state index is 13.5. The van der Waals surface area contributed by atoms with E-state index in [0.717, 1.165) is 0 Å². The molecule has 23 heavy (non-hydrogen) atoms. The van der Waals surface area contributed by atoms with Gasteiger partial charge < -0.3 is 5.73 Å². The van der Waals surface area contributed by atoms with Gasteiger partial charge in [0.15, 0.2) is 0 Å². The van der Waals surface area contributed by atoms with Crippen molar-refractivity contribution in [3.05, 3.63) is 71.3 Å². The van der Waals surface area contributed by atoms with Gasteiger partial charge in [-0.25, -0.2) is 0 Å². The summed E-state index contributed by atoms with van der Waals surface area (Å²) in [7, 11) is 1.40. The van der Waals surface area contributed by atoms with E-state index in [1.165, 1.54) is 36.2 Å². The highest BCUT2D eigenvalue weighted by Gasteiger charge is 2.43. The molecule has 0 aromatic heterocycles. The number of halogens is 3. The number of nitrogens with two attached hydrogens (primary N) is 1. The van der Waals surface area contributed by atoms with Crippen molar-refractivity contribution in [3.8, 4) is 0 Å². The molecule has 0 bridgehead atoms. The van der Waals surface area contributed by atoms with Crippen LogP contribution in [0.2, 0.25) is 0 Å². The number of benzene rings is 2. The Balaban J connectivity index is 2.27. The van der Waals surface area contributed by atoms with E-state index >= 15 is 0 Å². The first kappa shape index (κ1) is 17.0. The highest BCUT2D eigenvalue weighted by atomic mass is 19.4. The van der Waals surface area contributed by atoms with E-state index in [1.807, 2.05) is 0 Å². The molecule has 2 N–H and O–H groups in total. The van der Waals surface area contributed by atoms with Crippen LogP contribution in [-0.4, -0.2) is 24.0 Å². The van der Waals surface area contributed by atoms with E-state index in [4.69, 9.17) is 5.73 Å². The third-order valence-electron chi connectivity index (χ3n) is 3.51. The van der Waals surface area contributed by atoms with Gasteiger partial charge in [-0.2, -0.15) is 13.2 Å². The van der Waals surface area contributed by atoms with Gasteiger partial charge in [-0.05, 0) is 30.3 Å². The Morgan fingerprint density at radius 1 is 1.13 bits per heavy atom. The van der Waals surface area contributed by atoms with Crippen molar-refractivity contribution in [3.63, 3.8) is 0 Å². The fourth-order valence-corrected chi connectivity index (χ4v) is 2.53. The van der Waals surface area contributed by atoms with Crippen molar-refractivity contribution in [2.24, 2.45) is 5.73 Å². The molecule has 6 heteroatoms. The number of carbonyl (C=O) groups excluding carboxylic acids is 1. The number of hydrogen-bond acceptors (Lipinski definition) is 2. The van der Waals surface area contributed by atoms with Crippen LogP contribution in [0.3, 0.4) is 0 Å². The number of rotatable bonds is 5. The number of alkyl halides is 3. The molecule has 0 heterocycles. The smallest absolute Gasteiger partial charge is 0.366 e. The highest BCUT2D eigenvalue weighted by molar-refractivity contribution is 5.92. The molecule has 1 atom stereocenters. The second kappa shape index (κ2) is 6.83. The van der Waals surface area contributed by atoms with Crippen molar-refractivity contribution >= 4 is 5.91 Å². The summed E-state index contributed by atoms with van der Waals surface area (Å²) in [6.45, 7) is 0.0419. The van der Waals surface area contributed by atoms with Gasteiger partial charge in [-0.1, -0.05) is 42.5 Å². The van der Waals surface area contributed by atoms with E-state index in [9.17, 15) is 18.0 Å². The van der Waals surface area contributed by atoms with Crippen molar-refractivity contribution in [2.45, 2.75) is 18.8 Å². The Labute approximate surface area is 132 Å². The number of amides is 1. The Kier molecular flexibility index (Phi) is 5.05. The Morgan fingerprint density at radius 3 is 2.35 bits per heavy atom. The molecule has 3 nitrogen and oxygen atoms in total. The molecule has 0 aliphatic rings. The lowest BCUT2D eigenvalue weighted by atomic mass is 10.0. The van der Waals surface area contributed by atoms with E-state index in [1.54, 1.807) is 30.3 Å². The fraction of sp³-hybridized carbons (Fsp3) is 0.235. The van der Waals surface area contributed by atoms with Gasteiger partial charge in [-0.3, -0.25) is 9.69 Å². The van der Waals surface area contributed by atoms with Crippen LogP contribution in [0.1, 0.15) is 27.5 Å². The van der Waals surface area contributed by atoms with Gasteiger partial charge in [0.1, 0.15) is 6.04 Å². The average Bonchev–Trinajstić information content (AvgIpc) is 2.47. The lowest BCUT2D eigenvalue weighted by Crippen LogP contribution is -2.35. The highest BCUT2D eigenvalue weighted by Crippen LogP contribution is 2.37. The van der Waals surface area contributed by atoms with Gasteiger partial charge in [-0.15, -0.1) is 0 Å². The van der Waals surface area contributed by atoms with Crippen LogP contribution < -0.4 is 5.73 Å². The number of hydrogen-bond donors (Lipinski definition) is 1. The van der Waals surface area contributed by atoms with Crippen LogP contribution in [0, 0.1) is 0 Å². The first-order chi connectivity index (χ1) is 10.8. The molecule has 2 aromatic carbocycles. The van der Waals surface area contributed by atoms with Crippen molar-refractivity contribution in [1.29, 1.82) is 0 Å². The lowest BCUT2D eigenvalue weighted by Gasteiger charge is -2.30. The van der Waals surface area contributed by atoms with Crippen LogP contribution in [0.15, 0.2) is 54.6 Å². The van der Waals surface area contributed by atoms with E-state index < -0.39 is 18.1 Å². The summed E-state index contributed by atoms with van der Waals surface area (Å²) in [5.41, 5.74) is 6.24. The zero-order valence-electron chi connectivity index (χ0n) is 12.5. The predicted molar refractivity (Wildman–Crippen MR) is 81.7 cm³/mol. The molecule has 0 saturated carbocycles. The predicted octanol–water partition coefficient (Wildman–Crippen LogP) is 3.52. The topological polar surface area (TPSA) is 46.3 Å². The number of primary amides is 1. The molecule has 0 aliphatic heterocycles. The summed E-state index contributed by atoms with van der Waals surface area (Å²) in [6, 6.07) is 12.3. The normalized spacial score (nSPS) is 13.1. The SMILES string of the molecule is CN(Cc1cccc(C(N)=O)c1)[C@H](c1ccccc1)C(F)(F)F. The van der Waals surface area contributed by atoms with Crippen molar-refractivity contribution in [2.75, 3.05) is 7.05 Å². The lowest BCUT2D eigenvalue weighted by molar-refractivity contribution is -0.184. The van der Waals surface area contributed by atoms with E-state index in [0.29, 0.717) is 5.56 Å². The molecule has 0 fully saturated rings. The summed E-state index contributed by atoms with van der Waals surface area (Å²) in [4.78, 5) is 12.4. The maximum Gasteiger partial charge on any atom is 0.408 e. The molecule has 1 amide bonds. The van der Waals surface area contributed by atoms with Crippen LogP contribution in [0.25, 0.3) is 0 Å². The van der Waals surface area contributed by atoms with Crippen LogP contribution in [0.4, 0.5) is 13.2 Å². The number of carbonyl (C=O) groups is 1. The molecule has 2 aromatic rings. The standard InChI is InChI=1S/C17H17F3N2O/c1-22(11-12-6-5-9-14(10-12)16(21)23)15(17(18,19)20)13-7-3-2-4-8-13/h2-10,15H,11H2,1H3,(H2,21,23)/t15-/m1/s1. The van der Waals surface area contributed by atoms with E-state index in [-0.39, 0.29) is 17.7 Å². The largest absolute Gasteiger partial charge is 0.408 e. The third kappa shape index (κ3) is 4.32. The molecular weight excluding hydrogens is 305 g/mol. The molecule has 0 spiro atoms. The Bertz CT molecular complexity index is 671. The zero-order chi connectivity index (χ0) is 17.0. The summed E-state index contributed by atoms with van der Waals surface area (Å²) < 4.78 is 40.4. The first-order valence-electron chi connectivity index (χ1n) is 6.99. The van der Waals surface area contributed by atoms with Crippen molar-refractivity contribution < 1.29 is 18.0 Å². The van der Waals surface area contributed by atoms with Gasteiger partial charge in [0.05, 0.1) is 0 Å². The van der Waals surface area contributed by atoms with Gasteiger partial charge in [0.2, 0.25) is 5.91 Å². The number of nitrogens with zero attached hydrogens (tertiary/aromatic N) is 1. The van der Waals surface area contributed by atoms with Crippen LogP contribution >= 0.6 is 0 Å². The molecule has 0 radical (unpaired) electrons. The maximum absolute atomic E-state index is 13.5. The minimum atomic E-state index is -4.41. The molecule has 122 valence electrons. The third-order valence-corrected chi connectivity index (χ3v) is 3.51. The summed E-state index contributed by atoms with van der Waals surface area (Å²) in [5, 5.41) is 0. The summed E-state index contributed by atoms with van der Waals surface area (Å²) in [5.74, 6) is -0.607. The van der Waals surface area contributed by atoms with Gasteiger partial charge in [0, 0.05) is 12.1 Å². The minimum Gasteiger partial charge on any atom is -0.366 e. The average molecular weight is 322 g/mol. The first-order valence-corrected chi connectivity index (χ1v) is 6.99. The Morgan fingerprint density at radius 2 is 1.78 bits per heavy atom. The fourth-order valence-electron chi connectivity index (χ4n) is 2.53. The zero-order valence-corrected chi connectivity index (χ0v) is 12.5. The van der Waals surface area contributed by atoms with Crippen LogP contribution in [0.5, 0.6) is 0 Å². The van der Waals surface area contributed by atoms with E-state index in [2.05, 4.69) is 0 Å². The summed E-state index contributed by atoms with van der Waals surface area (Å²) >= 11 is 0. The van der Waals surface area contributed by atoms with Crippen LogP contribution in [-0.2, 0) is 6.54 Å². The summed E-state index contributed by atoms with van der Waals surface area (Å²) in [6.07, 6.45) is -4.41. The molecule has 0 unspecified atom stereocenters. The molecule has 0 saturated heterocycles. The monoisotopic (exact) mass is 322 g/mol.